The lowest BCUT2D eigenvalue weighted by molar-refractivity contribution is 0.660. The van der Waals surface area contributed by atoms with Crippen LogP contribution in [0.25, 0.3) is 88.3 Å². The van der Waals surface area contributed by atoms with Gasteiger partial charge >= 0.3 is 0 Å². The Morgan fingerprint density at radius 3 is 1.31 bits per heavy atom. The van der Waals surface area contributed by atoms with Crippen LogP contribution >= 0.6 is 0 Å². The Morgan fingerprint density at radius 1 is 0.345 bits per heavy atom. The summed E-state index contributed by atoms with van der Waals surface area (Å²) < 4.78 is 0. The van der Waals surface area contributed by atoms with E-state index in [2.05, 4.69) is 202 Å². The second-order valence-electron chi connectivity index (χ2n) is 15.2. The predicted molar refractivity (Wildman–Crippen MR) is 231 cm³/mol. The van der Waals surface area contributed by atoms with E-state index in [-0.39, 0.29) is 5.41 Å². The summed E-state index contributed by atoms with van der Waals surface area (Å²) in [4.78, 5) is 0. The van der Waals surface area contributed by atoms with Crippen LogP contribution < -0.4 is 0 Å². The van der Waals surface area contributed by atoms with Crippen molar-refractivity contribution >= 4 is 21.5 Å². The summed E-state index contributed by atoms with van der Waals surface area (Å²) in [7, 11) is 0. The SMILES string of the molecule is CC1(C)c2cc(C#N)ccc2-c2ccc(-c3ccc4c(-c5ccc(-c6ccccc6)cc5)c5ccccc5c(-c5ccc(-c6ccccc6)cc5)c4c3)cc21. The van der Waals surface area contributed by atoms with Crippen molar-refractivity contribution in [1.82, 2.24) is 0 Å². The van der Waals surface area contributed by atoms with Gasteiger partial charge in [-0.25, -0.2) is 0 Å². The molecule has 0 aromatic heterocycles. The fourth-order valence-corrected chi connectivity index (χ4v) is 8.89. The molecule has 0 aliphatic heterocycles. The van der Waals surface area contributed by atoms with Gasteiger partial charge in [-0.05, 0) is 124 Å². The van der Waals surface area contributed by atoms with Gasteiger partial charge in [-0.15, -0.1) is 0 Å². The summed E-state index contributed by atoms with van der Waals surface area (Å²) >= 11 is 0. The molecule has 55 heavy (non-hydrogen) atoms. The number of hydrogen-bond donors (Lipinski definition) is 0. The second-order valence-corrected chi connectivity index (χ2v) is 15.2. The Hall–Kier alpha value is -7.01. The van der Waals surface area contributed by atoms with Gasteiger partial charge in [0, 0.05) is 5.41 Å². The standard InChI is InChI=1S/C54H37N/c1-54(2)50-31-35(34-55)17-28-44(50)45-29-26-43(33-51(45)54)42-27-30-48-49(32-42)53(41-24-20-39(21-25-41)37-13-7-4-8-14-37)47-16-10-9-15-46(47)52(48)40-22-18-38(19-23-40)36-11-5-3-6-12-36/h3-33H,1-2H3. The zero-order chi connectivity index (χ0) is 37.1. The van der Waals surface area contributed by atoms with E-state index in [0.29, 0.717) is 5.56 Å². The molecular weight excluding hydrogens is 663 g/mol. The summed E-state index contributed by atoms with van der Waals surface area (Å²) in [5, 5.41) is 14.6. The van der Waals surface area contributed by atoms with Crippen LogP contribution in [0.5, 0.6) is 0 Å². The lowest BCUT2D eigenvalue weighted by Gasteiger charge is -2.22. The normalized spacial score (nSPS) is 12.7. The molecule has 0 N–H and O–H groups in total. The lowest BCUT2D eigenvalue weighted by Crippen LogP contribution is -2.15. The van der Waals surface area contributed by atoms with Gasteiger partial charge in [0.2, 0.25) is 0 Å². The third-order valence-electron chi connectivity index (χ3n) is 11.7. The Kier molecular flexibility index (Phi) is 7.61. The van der Waals surface area contributed by atoms with Crippen molar-refractivity contribution in [3.05, 3.63) is 205 Å². The number of hydrogen-bond acceptors (Lipinski definition) is 1. The van der Waals surface area contributed by atoms with E-state index in [4.69, 9.17) is 0 Å². The molecule has 0 saturated carbocycles. The molecule has 0 spiro atoms. The van der Waals surface area contributed by atoms with Crippen molar-refractivity contribution in [3.8, 4) is 72.8 Å². The highest BCUT2D eigenvalue weighted by Gasteiger charge is 2.36. The topological polar surface area (TPSA) is 23.8 Å². The van der Waals surface area contributed by atoms with E-state index >= 15 is 0 Å². The molecule has 0 saturated heterocycles. The molecule has 258 valence electrons. The minimum Gasteiger partial charge on any atom is -0.192 e. The Balaban J connectivity index is 1.19. The zero-order valence-electron chi connectivity index (χ0n) is 30.8. The van der Waals surface area contributed by atoms with Gasteiger partial charge < -0.3 is 0 Å². The van der Waals surface area contributed by atoms with Crippen molar-refractivity contribution in [1.29, 1.82) is 5.26 Å². The second kappa shape index (κ2) is 12.8. The fraction of sp³-hybridized carbons (Fsp3) is 0.0556. The molecule has 10 rings (SSSR count). The molecule has 1 aliphatic carbocycles. The first-order chi connectivity index (χ1) is 27.0. The fourth-order valence-electron chi connectivity index (χ4n) is 8.89. The Labute approximate surface area is 322 Å². The first kappa shape index (κ1) is 32.6. The van der Waals surface area contributed by atoms with E-state index < -0.39 is 0 Å². The molecule has 0 amide bonds. The van der Waals surface area contributed by atoms with E-state index in [1.54, 1.807) is 0 Å². The van der Waals surface area contributed by atoms with Crippen molar-refractivity contribution in [2.45, 2.75) is 19.3 Å². The summed E-state index contributed by atoms with van der Waals surface area (Å²) in [6, 6.07) is 70.7. The molecule has 0 bridgehead atoms. The largest absolute Gasteiger partial charge is 0.192 e. The smallest absolute Gasteiger partial charge is 0.0991 e. The van der Waals surface area contributed by atoms with Crippen molar-refractivity contribution in [3.63, 3.8) is 0 Å². The van der Waals surface area contributed by atoms with Gasteiger partial charge in [-0.3, -0.25) is 0 Å². The molecule has 9 aromatic rings. The minimum absolute atomic E-state index is 0.217. The Morgan fingerprint density at radius 2 is 0.745 bits per heavy atom. The Bertz CT molecular complexity index is 2960. The zero-order valence-corrected chi connectivity index (χ0v) is 30.8. The average Bonchev–Trinajstić information content (AvgIpc) is 3.48. The highest BCUT2D eigenvalue weighted by atomic mass is 14.4. The summed E-state index contributed by atoms with van der Waals surface area (Å²) in [5.74, 6) is 0. The minimum atomic E-state index is -0.217. The maximum absolute atomic E-state index is 9.67. The molecular formula is C54H37N. The molecule has 0 atom stereocenters. The predicted octanol–water partition coefficient (Wildman–Crippen LogP) is 14.5. The van der Waals surface area contributed by atoms with Crippen LogP contribution in [0.15, 0.2) is 188 Å². The first-order valence-electron chi connectivity index (χ1n) is 19.0. The maximum Gasteiger partial charge on any atom is 0.0991 e. The van der Waals surface area contributed by atoms with Crippen LogP contribution in [0.2, 0.25) is 0 Å². The van der Waals surface area contributed by atoms with Crippen LogP contribution in [-0.4, -0.2) is 0 Å². The summed E-state index contributed by atoms with van der Waals surface area (Å²) in [6.07, 6.45) is 0. The van der Waals surface area contributed by atoms with Gasteiger partial charge in [0.25, 0.3) is 0 Å². The van der Waals surface area contributed by atoms with Crippen molar-refractivity contribution in [2.24, 2.45) is 0 Å². The quantitative estimate of drug-likeness (QED) is 0.164. The van der Waals surface area contributed by atoms with Gasteiger partial charge in [0.05, 0.1) is 11.6 Å². The lowest BCUT2D eigenvalue weighted by atomic mass is 9.81. The summed E-state index contributed by atoms with van der Waals surface area (Å²) in [5.41, 5.74) is 17.6. The molecule has 0 heterocycles. The molecule has 0 radical (unpaired) electrons. The number of fused-ring (bicyclic) bond motifs is 5. The highest BCUT2D eigenvalue weighted by molar-refractivity contribution is 6.22. The van der Waals surface area contributed by atoms with E-state index in [0.717, 1.165) is 0 Å². The number of rotatable bonds is 5. The number of nitrogens with zero attached hydrogens (tertiary/aromatic N) is 1. The molecule has 9 aromatic carbocycles. The van der Waals surface area contributed by atoms with Crippen LogP contribution in [0.3, 0.4) is 0 Å². The van der Waals surface area contributed by atoms with Crippen LogP contribution in [0.1, 0.15) is 30.5 Å². The third-order valence-corrected chi connectivity index (χ3v) is 11.7. The molecule has 1 nitrogen and oxygen atoms in total. The van der Waals surface area contributed by atoms with Gasteiger partial charge in [0.1, 0.15) is 0 Å². The van der Waals surface area contributed by atoms with Gasteiger partial charge in [0.15, 0.2) is 0 Å². The van der Waals surface area contributed by atoms with E-state index in [9.17, 15) is 5.26 Å². The van der Waals surface area contributed by atoms with E-state index in [1.807, 2.05) is 6.07 Å². The third kappa shape index (κ3) is 5.38. The van der Waals surface area contributed by atoms with Crippen LogP contribution in [-0.2, 0) is 5.41 Å². The molecule has 0 unspecified atom stereocenters. The monoisotopic (exact) mass is 699 g/mol. The van der Waals surface area contributed by atoms with Crippen molar-refractivity contribution < 1.29 is 0 Å². The van der Waals surface area contributed by atoms with Crippen molar-refractivity contribution in [2.75, 3.05) is 0 Å². The molecule has 1 heteroatoms. The number of benzene rings is 9. The summed E-state index contributed by atoms with van der Waals surface area (Å²) in [6.45, 7) is 4.56. The highest BCUT2D eigenvalue weighted by Crippen LogP contribution is 2.51. The maximum atomic E-state index is 9.67. The van der Waals surface area contributed by atoms with Crippen LogP contribution in [0, 0.1) is 11.3 Å². The number of nitriles is 1. The molecule has 0 fully saturated rings. The first-order valence-corrected chi connectivity index (χ1v) is 19.0. The average molecular weight is 700 g/mol. The van der Waals surface area contributed by atoms with E-state index in [1.165, 1.54) is 99.4 Å². The van der Waals surface area contributed by atoms with Gasteiger partial charge in [-0.1, -0.05) is 178 Å². The van der Waals surface area contributed by atoms with Crippen LogP contribution in [0.4, 0.5) is 0 Å². The molecule has 1 aliphatic rings. The van der Waals surface area contributed by atoms with Gasteiger partial charge in [-0.2, -0.15) is 5.26 Å².